The summed E-state index contributed by atoms with van der Waals surface area (Å²) in [4.78, 5) is 11.5. The summed E-state index contributed by atoms with van der Waals surface area (Å²) in [6, 6.07) is 7.40. The Hall–Kier alpha value is -1.92. The van der Waals surface area contributed by atoms with Gasteiger partial charge >= 0.3 is 6.09 Å². The minimum atomic E-state index is -0.654. The van der Waals surface area contributed by atoms with E-state index >= 15 is 0 Å². The molecular formula is C11H13ClN4O2. The van der Waals surface area contributed by atoms with E-state index in [1.54, 1.807) is 13.1 Å². The molecule has 18 heavy (non-hydrogen) atoms. The lowest BCUT2D eigenvalue weighted by molar-refractivity contribution is 0.159. The molecule has 0 radical (unpaired) electrons. The second-order valence-electron chi connectivity index (χ2n) is 3.32. The highest BCUT2D eigenvalue weighted by molar-refractivity contribution is 5.98. The van der Waals surface area contributed by atoms with Crippen LogP contribution in [0.25, 0.3) is 10.8 Å². The Morgan fingerprint density at radius 3 is 2.89 bits per heavy atom. The first kappa shape index (κ1) is 14.1. The zero-order valence-electron chi connectivity index (χ0n) is 9.74. The lowest BCUT2D eigenvalue weighted by Gasteiger charge is -2.15. The molecule has 2 N–H and O–H groups in total. The molecular weight excluding hydrogens is 256 g/mol. The Labute approximate surface area is 110 Å². The quantitative estimate of drug-likeness (QED) is 0.511. The Morgan fingerprint density at radius 1 is 1.44 bits per heavy atom. The van der Waals surface area contributed by atoms with Gasteiger partial charge in [-0.05, 0) is 6.92 Å². The summed E-state index contributed by atoms with van der Waals surface area (Å²) in [6.45, 7) is 1.96. The molecule has 1 aromatic carbocycles. The van der Waals surface area contributed by atoms with Gasteiger partial charge in [0.15, 0.2) is 5.82 Å². The van der Waals surface area contributed by atoms with E-state index in [1.165, 1.54) is 0 Å². The highest BCUT2D eigenvalue weighted by Crippen LogP contribution is 2.21. The van der Waals surface area contributed by atoms with Crippen molar-refractivity contribution in [3.05, 3.63) is 30.5 Å². The topological polar surface area (TPSA) is 81.3 Å². The van der Waals surface area contributed by atoms with Crippen molar-refractivity contribution < 1.29 is 9.53 Å². The SMILES string of the molecule is CCOC(=O)N(N)c1nncc2ccccc12.Cl. The lowest BCUT2D eigenvalue weighted by Crippen LogP contribution is -2.38. The van der Waals surface area contributed by atoms with Gasteiger partial charge in [0, 0.05) is 10.8 Å². The Kier molecular flexibility index (Phi) is 4.82. The molecule has 0 bridgehead atoms. The van der Waals surface area contributed by atoms with Crippen LogP contribution in [0, 0.1) is 0 Å². The van der Waals surface area contributed by atoms with E-state index in [1.807, 2.05) is 24.3 Å². The molecule has 0 aliphatic heterocycles. The van der Waals surface area contributed by atoms with Gasteiger partial charge in [-0.1, -0.05) is 24.3 Å². The van der Waals surface area contributed by atoms with Crippen LogP contribution in [-0.4, -0.2) is 22.9 Å². The second-order valence-corrected chi connectivity index (χ2v) is 3.32. The number of hydrogen-bond acceptors (Lipinski definition) is 5. The van der Waals surface area contributed by atoms with Crippen LogP contribution in [-0.2, 0) is 4.74 Å². The van der Waals surface area contributed by atoms with Crippen molar-refractivity contribution in [1.29, 1.82) is 0 Å². The maximum absolute atomic E-state index is 11.5. The minimum absolute atomic E-state index is 0. The zero-order valence-corrected chi connectivity index (χ0v) is 10.6. The van der Waals surface area contributed by atoms with Gasteiger partial charge in [-0.2, -0.15) is 10.1 Å². The van der Waals surface area contributed by atoms with E-state index < -0.39 is 6.09 Å². The number of hydrazine groups is 1. The fourth-order valence-corrected chi connectivity index (χ4v) is 1.47. The zero-order chi connectivity index (χ0) is 12.3. The Morgan fingerprint density at radius 2 is 2.17 bits per heavy atom. The van der Waals surface area contributed by atoms with Crippen molar-refractivity contribution in [2.45, 2.75) is 6.92 Å². The van der Waals surface area contributed by atoms with E-state index in [4.69, 9.17) is 10.6 Å². The third kappa shape index (κ3) is 2.66. The molecule has 0 saturated heterocycles. The number of aromatic nitrogens is 2. The van der Waals surface area contributed by atoms with Gasteiger partial charge in [-0.3, -0.25) is 0 Å². The predicted molar refractivity (Wildman–Crippen MR) is 70.5 cm³/mol. The molecule has 0 saturated carbocycles. The second kappa shape index (κ2) is 6.13. The van der Waals surface area contributed by atoms with Crippen molar-refractivity contribution >= 4 is 35.1 Å². The van der Waals surface area contributed by atoms with E-state index in [-0.39, 0.29) is 24.8 Å². The average Bonchev–Trinajstić information content (AvgIpc) is 2.37. The van der Waals surface area contributed by atoms with Crippen molar-refractivity contribution in [3.8, 4) is 0 Å². The number of carbonyl (C=O) groups is 1. The number of hydrogen-bond donors (Lipinski definition) is 1. The number of nitrogens with two attached hydrogens (primary N) is 1. The van der Waals surface area contributed by atoms with Crippen molar-refractivity contribution in [3.63, 3.8) is 0 Å². The molecule has 1 heterocycles. The molecule has 7 heteroatoms. The summed E-state index contributed by atoms with van der Waals surface area (Å²) < 4.78 is 4.80. The van der Waals surface area contributed by atoms with Crippen LogP contribution in [0.3, 0.4) is 0 Å². The fraction of sp³-hybridized carbons (Fsp3) is 0.182. The Bertz CT molecular complexity index is 544. The first-order chi connectivity index (χ1) is 8.24. The van der Waals surface area contributed by atoms with Gasteiger partial charge < -0.3 is 4.74 Å². The van der Waals surface area contributed by atoms with E-state index in [0.29, 0.717) is 0 Å². The monoisotopic (exact) mass is 268 g/mol. The normalized spacial score (nSPS) is 9.67. The van der Waals surface area contributed by atoms with Crippen LogP contribution < -0.4 is 10.9 Å². The third-order valence-electron chi connectivity index (χ3n) is 2.24. The van der Waals surface area contributed by atoms with Gasteiger partial charge in [0.1, 0.15) is 0 Å². The number of rotatable bonds is 2. The highest BCUT2D eigenvalue weighted by atomic mass is 35.5. The number of benzene rings is 1. The van der Waals surface area contributed by atoms with Crippen LogP contribution in [0.1, 0.15) is 6.92 Å². The van der Waals surface area contributed by atoms with Crippen LogP contribution >= 0.6 is 12.4 Å². The van der Waals surface area contributed by atoms with Crippen molar-refractivity contribution in [2.24, 2.45) is 5.84 Å². The first-order valence-corrected chi connectivity index (χ1v) is 5.16. The van der Waals surface area contributed by atoms with Gasteiger partial charge in [-0.15, -0.1) is 17.5 Å². The van der Waals surface area contributed by atoms with E-state index in [9.17, 15) is 4.79 Å². The number of anilines is 1. The van der Waals surface area contributed by atoms with Gasteiger partial charge in [0.05, 0.1) is 12.8 Å². The smallest absolute Gasteiger partial charge is 0.430 e. The molecule has 0 atom stereocenters. The molecule has 2 aromatic rings. The average molecular weight is 269 g/mol. The summed E-state index contributed by atoms with van der Waals surface area (Å²) in [7, 11) is 0. The number of halogens is 1. The molecule has 6 nitrogen and oxygen atoms in total. The molecule has 1 aromatic heterocycles. The largest absolute Gasteiger partial charge is 0.448 e. The fourth-order valence-electron chi connectivity index (χ4n) is 1.47. The lowest BCUT2D eigenvalue weighted by atomic mass is 10.2. The Balaban J connectivity index is 0.00000162. The third-order valence-corrected chi connectivity index (χ3v) is 2.24. The minimum Gasteiger partial charge on any atom is -0.448 e. The van der Waals surface area contributed by atoms with Crippen LogP contribution in [0.2, 0.25) is 0 Å². The number of fused-ring (bicyclic) bond motifs is 1. The van der Waals surface area contributed by atoms with Crippen LogP contribution in [0.5, 0.6) is 0 Å². The standard InChI is InChI=1S/C11H12N4O2.ClH/c1-2-17-11(16)15(12)10-9-6-4-3-5-8(9)7-13-14-10;/h3-7H,2,12H2,1H3;1H. The van der Waals surface area contributed by atoms with Crippen LogP contribution in [0.4, 0.5) is 10.6 Å². The van der Waals surface area contributed by atoms with Crippen LogP contribution in [0.15, 0.2) is 30.5 Å². The molecule has 0 aliphatic carbocycles. The first-order valence-electron chi connectivity index (χ1n) is 5.16. The number of nitrogens with zero attached hydrogens (tertiary/aromatic N) is 3. The molecule has 1 amide bonds. The molecule has 96 valence electrons. The summed E-state index contributed by atoms with van der Waals surface area (Å²) in [5.74, 6) is 5.93. The van der Waals surface area contributed by atoms with Crippen molar-refractivity contribution in [2.75, 3.05) is 11.6 Å². The molecule has 0 unspecified atom stereocenters. The molecule has 2 rings (SSSR count). The maximum Gasteiger partial charge on any atom is 0.430 e. The summed E-state index contributed by atoms with van der Waals surface area (Å²) in [5.41, 5.74) is 0. The molecule has 0 spiro atoms. The molecule has 0 aliphatic rings. The van der Waals surface area contributed by atoms with Crippen molar-refractivity contribution in [1.82, 2.24) is 10.2 Å². The summed E-state index contributed by atoms with van der Waals surface area (Å²) in [6.07, 6.45) is 0.954. The predicted octanol–water partition coefficient (Wildman–Crippen LogP) is 1.89. The maximum atomic E-state index is 11.5. The number of carbonyl (C=O) groups excluding carboxylic acids is 1. The van der Waals surface area contributed by atoms with Gasteiger partial charge in [0.25, 0.3) is 0 Å². The molecule has 0 fully saturated rings. The highest BCUT2D eigenvalue weighted by Gasteiger charge is 2.17. The van der Waals surface area contributed by atoms with Gasteiger partial charge in [-0.25, -0.2) is 10.6 Å². The summed E-state index contributed by atoms with van der Waals surface area (Å²) in [5, 5.41) is 10.1. The number of ether oxygens (including phenoxy) is 1. The van der Waals surface area contributed by atoms with E-state index in [0.717, 1.165) is 15.8 Å². The number of amides is 1. The summed E-state index contributed by atoms with van der Waals surface area (Å²) >= 11 is 0. The van der Waals surface area contributed by atoms with E-state index in [2.05, 4.69) is 10.2 Å². The van der Waals surface area contributed by atoms with Gasteiger partial charge in [0.2, 0.25) is 0 Å².